The van der Waals surface area contributed by atoms with Crippen LogP contribution in [-0.2, 0) is 6.42 Å². The Kier molecular flexibility index (Phi) is 8.56. The highest BCUT2D eigenvalue weighted by molar-refractivity contribution is 6.02. The minimum atomic E-state index is -0.275. The largest absolute Gasteiger partial charge is 0.489 e. The zero-order valence-corrected chi connectivity index (χ0v) is 24.5. The van der Waals surface area contributed by atoms with Crippen molar-refractivity contribution < 1.29 is 18.6 Å². The van der Waals surface area contributed by atoms with E-state index in [0.29, 0.717) is 6.42 Å². The van der Waals surface area contributed by atoms with E-state index in [1.165, 1.54) is 16.8 Å². The third kappa shape index (κ3) is 5.93. The average Bonchev–Trinajstić information content (AvgIpc) is 3.38. The van der Waals surface area contributed by atoms with Crippen molar-refractivity contribution in [1.82, 2.24) is 4.90 Å². The summed E-state index contributed by atoms with van der Waals surface area (Å²) in [7, 11) is 2.13. The van der Waals surface area contributed by atoms with E-state index in [1.807, 2.05) is 12.1 Å². The van der Waals surface area contributed by atoms with Crippen LogP contribution < -0.4 is 14.6 Å². The number of ether oxygens (including phenoxy) is 1. The van der Waals surface area contributed by atoms with E-state index < -0.39 is 0 Å². The molecule has 1 atom stereocenters. The van der Waals surface area contributed by atoms with Gasteiger partial charge in [-0.3, -0.25) is 19.2 Å². The topological polar surface area (TPSA) is 37.3 Å². The minimum Gasteiger partial charge on any atom is -0.489 e. The quantitative estimate of drug-likeness (QED) is 0.261. The molecule has 0 bridgehead atoms. The molecule has 2 heterocycles. The molecule has 1 aliphatic carbocycles. The van der Waals surface area contributed by atoms with Crippen LogP contribution >= 0.6 is 0 Å². The number of aryl methyl sites for hydroxylation is 1. The van der Waals surface area contributed by atoms with E-state index >= 15 is 0 Å². The normalized spacial score (nSPS) is 18.8. The number of rotatable bonds is 9. The van der Waals surface area contributed by atoms with Gasteiger partial charge in [0.1, 0.15) is 11.9 Å². The van der Waals surface area contributed by atoms with Gasteiger partial charge < -0.3 is 9.64 Å². The van der Waals surface area contributed by atoms with Crippen molar-refractivity contribution in [3.05, 3.63) is 82.9 Å². The fraction of sp³-hybridized carbons (Fsp3) is 0.400. The lowest BCUT2D eigenvalue weighted by molar-refractivity contribution is -0.00629. The molecule has 220 valence electrons. The molecule has 0 spiro atoms. The number of aliphatic imine (C=N–C) groups is 1. The standard InChI is InChI=1S/C35H39F2N3O2/c1-3-27-22-39(2)34-21-26(10-15-33(34)38-27)31-7-4-6-25-20-29(42-37)13-14-32(25)35(31)24-8-11-28(12-9-24)41-30-16-19-40(23-30)18-5-17-36/h8-15,20-21,30H,3-7,16-19,22-23H2,1-2H3. The Morgan fingerprint density at radius 2 is 1.79 bits per heavy atom. The molecule has 0 aromatic heterocycles. The Labute approximate surface area is 247 Å². The number of alkyl halides is 1. The van der Waals surface area contributed by atoms with Gasteiger partial charge in [0.15, 0.2) is 5.75 Å². The second-order valence-corrected chi connectivity index (χ2v) is 11.6. The van der Waals surface area contributed by atoms with Gasteiger partial charge in [0.25, 0.3) is 0 Å². The maximum Gasteiger partial charge on any atom is 0.172 e. The summed E-state index contributed by atoms with van der Waals surface area (Å²) in [6.45, 7) is 5.28. The molecule has 3 aromatic rings. The number of hydrogen-bond donors (Lipinski definition) is 0. The first-order chi connectivity index (χ1) is 20.6. The molecule has 0 saturated carbocycles. The second kappa shape index (κ2) is 12.7. The zero-order valence-electron chi connectivity index (χ0n) is 24.5. The summed E-state index contributed by atoms with van der Waals surface area (Å²) in [6.07, 6.45) is 5.28. The third-order valence-electron chi connectivity index (χ3n) is 8.73. The van der Waals surface area contributed by atoms with E-state index in [-0.39, 0.29) is 18.5 Å². The lowest BCUT2D eigenvalue weighted by atomic mass is 9.87. The minimum absolute atomic E-state index is 0.117. The molecule has 3 aliphatic rings. The summed E-state index contributed by atoms with van der Waals surface area (Å²) in [4.78, 5) is 13.6. The van der Waals surface area contributed by atoms with Crippen LogP contribution in [0.4, 0.5) is 20.3 Å². The molecule has 42 heavy (non-hydrogen) atoms. The number of fused-ring (bicyclic) bond motifs is 2. The van der Waals surface area contributed by atoms with Gasteiger partial charge in [0.05, 0.1) is 24.6 Å². The lowest BCUT2D eigenvalue weighted by Gasteiger charge is -2.27. The maximum atomic E-state index is 13.1. The van der Waals surface area contributed by atoms with Crippen molar-refractivity contribution in [1.29, 1.82) is 0 Å². The van der Waals surface area contributed by atoms with Gasteiger partial charge in [-0.25, -0.2) is 0 Å². The summed E-state index contributed by atoms with van der Waals surface area (Å²) in [6, 6.07) is 20.5. The predicted molar refractivity (Wildman–Crippen MR) is 167 cm³/mol. The van der Waals surface area contributed by atoms with Crippen LogP contribution in [0.3, 0.4) is 0 Å². The van der Waals surface area contributed by atoms with Crippen molar-refractivity contribution in [2.45, 2.75) is 51.6 Å². The predicted octanol–water partition coefficient (Wildman–Crippen LogP) is 7.99. The maximum absolute atomic E-state index is 13.1. The highest BCUT2D eigenvalue weighted by Crippen LogP contribution is 2.43. The molecule has 7 heteroatoms. The van der Waals surface area contributed by atoms with Crippen molar-refractivity contribution >= 4 is 28.2 Å². The summed E-state index contributed by atoms with van der Waals surface area (Å²) in [5.74, 6) is 1.07. The molecular weight excluding hydrogens is 532 g/mol. The first-order valence-electron chi connectivity index (χ1n) is 15.2. The van der Waals surface area contributed by atoms with E-state index in [9.17, 15) is 8.92 Å². The second-order valence-electron chi connectivity index (χ2n) is 11.6. The number of nitrogens with zero attached hydrogens (tertiary/aromatic N) is 3. The van der Waals surface area contributed by atoms with Crippen molar-refractivity contribution in [2.75, 3.05) is 44.8 Å². The number of likely N-dealkylation sites (tertiary alicyclic amines) is 1. The summed E-state index contributed by atoms with van der Waals surface area (Å²) in [5, 5.41) is 0. The van der Waals surface area contributed by atoms with Gasteiger partial charge in [-0.15, -0.1) is 0 Å². The molecule has 3 aromatic carbocycles. The summed E-state index contributed by atoms with van der Waals surface area (Å²) < 4.78 is 32.1. The highest BCUT2D eigenvalue weighted by atomic mass is 19.3. The van der Waals surface area contributed by atoms with Gasteiger partial charge >= 0.3 is 0 Å². The van der Waals surface area contributed by atoms with Gasteiger partial charge in [-0.2, -0.15) is 0 Å². The number of halogens is 2. The fourth-order valence-electron chi connectivity index (χ4n) is 6.57. The van der Waals surface area contributed by atoms with Crippen LogP contribution in [0.1, 0.15) is 61.3 Å². The van der Waals surface area contributed by atoms with E-state index in [2.05, 4.69) is 71.2 Å². The first kappa shape index (κ1) is 28.4. The molecule has 1 unspecified atom stereocenters. The first-order valence-corrected chi connectivity index (χ1v) is 15.2. The molecule has 1 saturated heterocycles. The van der Waals surface area contributed by atoms with E-state index in [0.717, 1.165) is 97.7 Å². The SMILES string of the molecule is CCC1=Nc2ccc(C3=C(c4ccc(OC5CCN(CCCF)C5)cc4)c4ccc(OF)cc4CCC3)cc2N(C)C1. The van der Waals surface area contributed by atoms with Gasteiger partial charge in [-0.05, 0) is 108 Å². The fourth-order valence-corrected chi connectivity index (χ4v) is 6.57. The Morgan fingerprint density at radius 1 is 0.976 bits per heavy atom. The Hall–Kier alpha value is -3.71. The molecule has 1 fully saturated rings. The molecular formula is C35H39F2N3O2. The Morgan fingerprint density at radius 3 is 2.57 bits per heavy atom. The van der Waals surface area contributed by atoms with Gasteiger partial charge in [0.2, 0.25) is 0 Å². The Bertz CT molecular complexity index is 1480. The molecule has 6 rings (SSSR count). The van der Waals surface area contributed by atoms with Crippen LogP contribution in [0, 0.1) is 0 Å². The van der Waals surface area contributed by atoms with Gasteiger partial charge in [-0.1, -0.05) is 31.2 Å². The smallest absolute Gasteiger partial charge is 0.172 e. The monoisotopic (exact) mass is 571 g/mol. The number of benzene rings is 3. The zero-order chi connectivity index (χ0) is 29.1. The van der Waals surface area contributed by atoms with Crippen LogP contribution in [-0.4, -0.2) is 56.6 Å². The number of allylic oxidation sites excluding steroid dienone is 1. The number of hydrogen-bond acceptors (Lipinski definition) is 5. The molecule has 0 radical (unpaired) electrons. The van der Waals surface area contributed by atoms with Crippen molar-refractivity contribution in [3.63, 3.8) is 0 Å². The molecule has 0 N–H and O–H groups in total. The lowest BCUT2D eigenvalue weighted by Crippen LogP contribution is -2.28. The molecule has 0 amide bonds. The van der Waals surface area contributed by atoms with Crippen LogP contribution in [0.2, 0.25) is 0 Å². The summed E-state index contributed by atoms with van der Waals surface area (Å²) in [5.41, 5.74) is 10.3. The highest BCUT2D eigenvalue weighted by Gasteiger charge is 2.25. The third-order valence-corrected chi connectivity index (χ3v) is 8.73. The van der Waals surface area contributed by atoms with Crippen LogP contribution in [0.15, 0.2) is 65.7 Å². The van der Waals surface area contributed by atoms with E-state index in [1.54, 1.807) is 6.07 Å². The molecule has 2 aliphatic heterocycles. The summed E-state index contributed by atoms with van der Waals surface area (Å²) >= 11 is 0. The van der Waals surface area contributed by atoms with Gasteiger partial charge in [0, 0.05) is 36.9 Å². The van der Waals surface area contributed by atoms with Crippen LogP contribution in [0.5, 0.6) is 11.5 Å². The van der Waals surface area contributed by atoms with Crippen molar-refractivity contribution in [3.8, 4) is 11.5 Å². The Balaban J connectivity index is 1.37. The molecule has 5 nitrogen and oxygen atoms in total. The average molecular weight is 572 g/mol. The van der Waals surface area contributed by atoms with E-state index in [4.69, 9.17) is 9.73 Å². The number of anilines is 1. The van der Waals surface area contributed by atoms with Crippen LogP contribution in [0.25, 0.3) is 11.1 Å². The van der Waals surface area contributed by atoms with Crippen molar-refractivity contribution in [2.24, 2.45) is 4.99 Å².